The largest absolute Gasteiger partial charge is 0.417 e. The molecule has 0 radical (unpaired) electrons. The maximum atomic E-state index is 13.0. The summed E-state index contributed by atoms with van der Waals surface area (Å²) in [6.07, 6.45) is -2.30. The Balaban J connectivity index is 1.38. The van der Waals surface area contributed by atoms with Gasteiger partial charge in [-0.15, -0.1) is 0 Å². The minimum atomic E-state index is -4.61. The third-order valence-electron chi connectivity index (χ3n) is 5.66. The van der Waals surface area contributed by atoms with Gasteiger partial charge < -0.3 is 20.4 Å². The van der Waals surface area contributed by atoms with Crippen molar-refractivity contribution in [2.24, 2.45) is 0 Å². The summed E-state index contributed by atoms with van der Waals surface area (Å²) in [5.41, 5.74) is -0.998. The van der Waals surface area contributed by atoms with E-state index in [2.05, 4.69) is 10.6 Å². The van der Waals surface area contributed by atoms with Gasteiger partial charge in [0.2, 0.25) is 11.8 Å². The molecule has 1 aromatic rings. The van der Waals surface area contributed by atoms with Gasteiger partial charge in [-0.3, -0.25) is 14.5 Å². The van der Waals surface area contributed by atoms with Crippen LogP contribution in [0.15, 0.2) is 18.2 Å². The van der Waals surface area contributed by atoms with E-state index in [9.17, 15) is 27.6 Å². The first kappa shape index (κ1) is 25.1. The van der Waals surface area contributed by atoms with Crippen LogP contribution in [0, 0.1) is 0 Å². The Kier molecular flexibility index (Phi) is 8.41. The quantitative estimate of drug-likeness (QED) is 0.643. The fourth-order valence-electron chi connectivity index (χ4n) is 3.85. The summed E-state index contributed by atoms with van der Waals surface area (Å²) in [6.45, 7) is 3.52. The molecule has 33 heavy (non-hydrogen) atoms. The first-order valence-electron chi connectivity index (χ1n) is 10.8. The maximum Gasteiger partial charge on any atom is 0.417 e. The molecule has 0 spiro atoms. The number of rotatable bonds is 6. The lowest BCUT2D eigenvalue weighted by Gasteiger charge is -2.34. The van der Waals surface area contributed by atoms with Crippen molar-refractivity contribution in [1.29, 1.82) is 0 Å². The molecule has 8 nitrogen and oxygen atoms in total. The number of amides is 4. The summed E-state index contributed by atoms with van der Waals surface area (Å²) in [6, 6.07) is 2.95. The third-order valence-corrected chi connectivity index (χ3v) is 5.99. The second kappa shape index (κ2) is 11.1. The summed E-state index contributed by atoms with van der Waals surface area (Å²) >= 11 is 5.59. The molecule has 4 amide bonds. The number of alkyl halides is 3. The van der Waals surface area contributed by atoms with E-state index in [0.717, 1.165) is 38.1 Å². The van der Waals surface area contributed by atoms with Crippen molar-refractivity contribution in [2.75, 3.05) is 57.7 Å². The van der Waals surface area contributed by atoms with E-state index in [-0.39, 0.29) is 37.1 Å². The van der Waals surface area contributed by atoms with E-state index in [1.54, 1.807) is 4.90 Å². The van der Waals surface area contributed by atoms with Gasteiger partial charge in [-0.25, -0.2) is 4.79 Å². The molecule has 0 atom stereocenters. The van der Waals surface area contributed by atoms with Crippen molar-refractivity contribution in [3.63, 3.8) is 0 Å². The van der Waals surface area contributed by atoms with Gasteiger partial charge in [-0.1, -0.05) is 11.6 Å². The van der Waals surface area contributed by atoms with Gasteiger partial charge in [0.15, 0.2) is 0 Å². The number of piperazine rings is 1. The normalized spacial score (nSPS) is 17.2. The lowest BCUT2D eigenvalue weighted by molar-refractivity contribution is -0.137. The molecule has 3 rings (SSSR count). The Bertz CT molecular complexity index is 869. The molecule has 0 aromatic heterocycles. The molecule has 0 saturated carbocycles. The molecule has 2 saturated heterocycles. The van der Waals surface area contributed by atoms with Crippen molar-refractivity contribution >= 4 is 35.1 Å². The van der Waals surface area contributed by atoms with Crippen molar-refractivity contribution in [3.8, 4) is 0 Å². The minimum absolute atomic E-state index is 0.0101. The Morgan fingerprint density at radius 1 is 0.970 bits per heavy atom. The number of benzene rings is 1. The average molecular weight is 490 g/mol. The second-order valence-corrected chi connectivity index (χ2v) is 8.48. The van der Waals surface area contributed by atoms with Crippen LogP contribution in [0.25, 0.3) is 0 Å². The Labute approximate surface area is 195 Å². The summed E-state index contributed by atoms with van der Waals surface area (Å²) in [4.78, 5) is 41.8. The number of carbonyl (C=O) groups is 3. The Morgan fingerprint density at radius 2 is 1.64 bits per heavy atom. The highest BCUT2D eigenvalue weighted by Gasteiger charge is 2.33. The van der Waals surface area contributed by atoms with E-state index < -0.39 is 22.7 Å². The molecule has 182 valence electrons. The smallest absolute Gasteiger partial charge is 0.343 e. The van der Waals surface area contributed by atoms with Crippen LogP contribution in [0.5, 0.6) is 0 Å². The fourth-order valence-corrected chi connectivity index (χ4v) is 4.07. The van der Waals surface area contributed by atoms with Gasteiger partial charge >= 0.3 is 12.2 Å². The number of anilines is 1. The molecular formula is C21H27ClF3N5O3. The zero-order valence-electron chi connectivity index (χ0n) is 18.1. The monoisotopic (exact) mass is 489 g/mol. The molecule has 0 unspecified atom stereocenters. The maximum absolute atomic E-state index is 13.0. The number of carbonyl (C=O) groups excluding carboxylic acids is 3. The highest BCUT2D eigenvalue weighted by atomic mass is 35.5. The van der Waals surface area contributed by atoms with Crippen molar-refractivity contribution in [2.45, 2.75) is 25.4 Å². The third kappa shape index (κ3) is 7.23. The molecule has 2 heterocycles. The summed E-state index contributed by atoms with van der Waals surface area (Å²) in [7, 11) is 0. The Hall–Kier alpha value is -2.53. The lowest BCUT2D eigenvalue weighted by atomic mass is 10.2. The van der Waals surface area contributed by atoms with E-state index in [1.807, 2.05) is 9.80 Å². The first-order valence-corrected chi connectivity index (χ1v) is 11.2. The number of hydrogen-bond acceptors (Lipinski definition) is 4. The molecule has 1 aromatic carbocycles. The summed E-state index contributed by atoms with van der Waals surface area (Å²) < 4.78 is 38.9. The average Bonchev–Trinajstić information content (AvgIpc) is 3.30. The van der Waals surface area contributed by atoms with Crippen molar-refractivity contribution in [3.05, 3.63) is 28.8 Å². The Morgan fingerprint density at radius 3 is 2.27 bits per heavy atom. The molecular weight excluding hydrogens is 463 g/mol. The summed E-state index contributed by atoms with van der Waals surface area (Å²) in [5, 5.41) is 4.78. The SMILES string of the molecule is O=C(CN1CCN(C(=O)NCCC(=O)N2CCCC2)CC1)Nc1ccc(Cl)c(C(F)(F)F)c1. The molecule has 2 aliphatic rings. The van der Waals surface area contributed by atoms with Gasteiger partial charge in [0.05, 0.1) is 17.1 Å². The van der Waals surface area contributed by atoms with E-state index in [0.29, 0.717) is 26.2 Å². The number of hydrogen-bond donors (Lipinski definition) is 2. The number of urea groups is 1. The highest BCUT2D eigenvalue weighted by Crippen LogP contribution is 2.36. The predicted octanol–water partition coefficient (Wildman–Crippen LogP) is 2.64. The zero-order valence-corrected chi connectivity index (χ0v) is 18.8. The fraction of sp³-hybridized carbons (Fsp3) is 0.571. The predicted molar refractivity (Wildman–Crippen MR) is 117 cm³/mol. The van der Waals surface area contributed by atoms with Crippen molar-refractivity contribution < 1.29 is 27.6 Å². The van der Waals surface area contributed by atoms with Crippen LogP contribution in [0.4, 0.5) is 23.7 Å². The van der Waals surface area contributed by atoms with Crippen LogP contribution in [-0.4, -0.2) is 84.9 Å². The molecule has 0 aliphatic carbocycles. The van der Waals surface area contributed by atoms with E-state index in [1.165, 1.54) is 6.07 Å². The molecule has 2 aliphatic heterocycles. The van der Waals surface area contributed by atoms with Crippen LogP contribution in [0.3, 0.4) is 0 Å². The number of likely N-dealkylation sites (tertiary alicyclic amines) is 1. The van der Waals surface area contributed by atoms with Crippen LogP contribution in [0.2, 0.25) is 5.02 Å². The molecule has 12 heteroatoms. The van der Waals surface area contributed by atoms with Crippen LogP contribution >= 0.6 is 11.6 Å². The summed E-state index contributed by atoms with van der Waals surface area (Å²) in [5.74, 6) is -0.407. The zero-order chi connectivity index (χ0) is 24.0. The van der Waals surface area contributed by atoms with Gasteiger partial charge in [0.1, 0.15) is 0 Å². The van der Waals surface area contributed by atoms with Crippen LogP contribution in [0.1, 0.15) is 24.8 Å². The standard InChI is InChI=1S/C21H27ClF3N5O3/c22-17-4-3-15(13-16(17)21(23,24)25)27-18(31)14-28-9-11-30(12-10-28)20(33)26-6-5-19(32)29-7-1-2-8-29/h3-4,13H,1-2,5-12,14H2,(H,26,33)(H,27,31). The van der Waals surface area contributed by atoms with Crippen LogP contribution in [-0.2, 0) is 15.8 Å². The second-order valence-electron chi connectivity index (χ2n) is 8.07. The molecule has 2 fully saturated rings. The van der Waals surface area contributed by atoms with Gasteiger partial charge in [-0.2, -0.15) is 13.2 Å². The van der Waals surface area contributed by atoms with E-state index in [4.69, 9.17) is 11.6 Å². The number of nitrogens with one attached hydrogen (secondary N) is 2. The molecule has 0 bridgehead atoms. The van der Waals surface area contributed by atoms with Gasteiger partial charge in [0, 0.05) is 57.9 Å². The topological polar surface area (TPSA) is 85.0 Å². The number of halogens is 4. The minimum Gasteiger partial charge on any atom is -0.343 e. The molecule has 2 N–H and O–H groups in total. The van der Waals surface area contributed by atoms with Crippen LogP contribution < -0.4 is 10.6 Å². The number of nitrogens with zero attached hydrogens (tertiary/aromatic N) is 3. The van der Waals surface area contributed by atoms with Crippen molar-refractivity contribution in [1.82, 2.24) is 20.0 Å². The first-order chi connectivity index (χ1) is 15.6. The highest BCUT2D eigenvalue weighted by molar-refractivity contribution is 6.31. The van der Waals surface area contributed by atoms with Gasteiger partial charge in [0.25, 0.3) is 0 Å². The van der Waals surface area contributed by atoms with Gasteiger partial charge in [-0.05, 0) is 31.0 Å². The van der Waals surface area contributed by atoms with E-state index >= 15 is 0 Å². The lowest BCUT2D eigenvalue weighted by Crippen LogP contribution is -2.53.